The van der Waals surface area contributed by atoms with Crippen LogP contribution in [-0.2, 0) is 0 Å². The van der Waals surface area contributed by atoms with E-state index in [0.29, 0.717) is 15.1 Å². The molecule has 0 fully saturated rings. The second-order valence-electron chi connectivity index (χ2n) is 2.38. The Hall–Kier alpha value is 1.54. The van der Waals surface area contributed by atoms with Crippen LogP contribution in [0.15, 0.2) is 18.2 Å². The minimum atomic E-state index is -1.55. The van der Waals surface area contributed by atoms with Crippen LogP contribution in [-0.4, -0.2) is 8.63 Å². The highest BCUT2D eigenvalue weighted by molar-refractivity contribution is 6.73. The highest BCUT2D eigenvalue weighted by Crippen LogP contribution is 2.35. The second-order valence-corrected chi connectivity index (χ2v) is 7.04. The molecule has 0 N–H and O–H groups in total. The van der Waals surface area contributed by atoms with Crippen LogP contribution in [0, 0.1) is 0 Å². The Morgan fingerprint density at radius 3 is 1.38 bits per heavy atom. The molecule has 8 heteroatoms. The van der Waals surface area contributed by atoms with Crippen molar-refractivity contribution in [2.24, 2.45) is 0 Å². The number of halogens is 8. The van der Waals surface area contributed by atoms with Gasteiger partial charge in [0.2, 0.25) is 3.79 Å². The molecule has 16 heavy (non-hydrogen) atoms. The van der Waals surface area contributed by atoms with Gasteiger partial charge in [0.05, 0.1) is 15.1 Å². The average molecular weight is 384 g/mol. The molecule has 0 nitrogen and oxygen atoms in total. The van der Waals surface area contributed by atoms with Crippen LogP contribution in [0.2, 0.25) is 15.1 Å². The van der Waals surface area contributed by atoms with Gasteiger partial charge >= 0.3 is 0 Å². The first kappa shape index (κ1) is 17.5. The van der Waals surface area contributed by atoms with Crippen molar-refractivity contribution in [1.29, 1.82) is 0 Å². The quantitative estimate of drug-likeness (QED) is 0.341. The molecule has 92 valence electrons. The lowest BCUT2D eigenvalue weighted by molar-refractivity contribution is 1.19. The van der Waals surface area contributed by atoms with Crippen molar-refractivity contribution in [3.63, 3.8) is 0 Å². The number of hydrogen-bond donors (Lipinski definition) is 0. The summed E-state index contributed by atoms with van der Waals surface area (Å²) in [4.78, 5) is -0.961. The molecule has 1 rings (SSSR count). The largest absolute Gasteiger partial charge is 0.220 e. The van der Waals surface area contributed by atoms with E-state index in [0.717, 1.165) is 0 Å². The third-order valence-corrected chi connectivity index (χ3v) is 4.36. The molecule has 0 aliphatic rings. The Labute approximate surface area is 134 Å². The van der Waals surface area contributed by atoms with Crippen molar-refractivity contribution in [3.8, 4) is 0 Å². The molecular formula is C8H4Cl8. The highest BCUT2D eigenvalue weighted by atomic mass is 35.6. The first-order chi connectivity index (χ1) is 7.16. The Morgan fingerprint density at radius 2 is 1.19 bits per heavy atom. The third-order valence-electron chi connectivity index (χ3n) is 1.15. The molecule has 0 aliphatic heterocycles. The lowest BCUT2D eigenvalue weighted by Crippen LogP contribution is -2.11. The van der Waals surface area contributed by atoms with Crippen molar-refractivity contribution < 1.29 is 0 Å². The monoisotopic (exact) mass is 380 g/mol. The molecule has 0 bridgehead atoms. The molecule has 0 amide bonds. The summed E-state index contributed by atoms with van der Waals surface area (Å²) in [6.07, 6.45) is 0. The van der Waals surface area contributed by atoms with Crippen LogP contribution in [0.5, 0.6) is 0 Å². The zero-order valence-electron chi connectivity index (χ0n) is 7.33. The summed E-state index contributed by atoms with van der Waals surface area (Å²) < 4.78 is -1.55. The standard InChI is InChI=1S/C6H3Cl3.C2HCl5/c7-4-2-1-3-5(8)6(4)9;3-1(4)2(5,6)7/h1-3H;1H. The minimum Gasteiger partial charge on any atom is -0.101 e. The molecule has 0 saturated carbocycles. The summed E-state index contributed by atoms with van der Waals surface area (Å²) in [6.45, 7) is 0. The third kappa shape index (κ3) is 7.08. The van der Waals surface area contributed by atoms with Gasteiger partial charge in [-0.3, -0.25) is 0 Å². The number of hydrogen-bond acceptors (Lipinski definition) is 0. The fourth-order valence-electron chi connectivity index (χ4n) is 0.477. The van der Waals surface area contributed by atoms with E-state index in [1.54, 1.807) is 18.2 Å². The van der Waals surface area contributed by atoms with E-state index in [1.165, 1.54) is 0 Å². The topological polar surface area (TPSA) is 0 Å². The predicted octanol–water partition coefficient (Wildman–Crippen LogP) is 6.81. The maximum absolute atomic E-state index is 5.61. The summed E-state index contributed by atoms with van der Waals surface area (Å²) >= 11 is 42.5. The van der Waals surface area contributed by atoms with Crippen LogP contribution in [0.4, 0.5) is 0 Å². The van der Waals surface area contributed by atoms with Crippen molar-refractivity contribution in [2.75, 3.05) is 0 Å². The highest BCUT2D eigenvalue weighted by Gasteiger charge is 2.28. The first-order valence-corrected chi connectivity index (χ1v) is 6.74. The zero-order valence-corrected chi connectivity index (χ0v) is 13.4. The van der Waals surface area contributed by atoms with Crippen LogP contribution in [0.3, 0.4) is 0 Å². The van der Waals surface area contributed by atoms with Gasteiger partial charge in [0.25, 0.3) is 0 Å². The summed E-state index contributed by atoms with van der Waals surface area (Å²) in [5.74, 6) is 0. The molecule has 1 aromatic rings. The van der Waals surface area contributed by atoms with Gasteiger partial charge in [-0.15, -0.1) is 23.2 Å². The SMILES string of the molecule is ClC(Cl)C(Cl)(Cl)Cl.Clc1cccc(Cl)c1Cl. The molecule has 0 radical (unpaired) electrons. The van der Waals surface area contributed by atoms with E-state index < -0.39 is 8.63 Å². The summed E-state index contributed by atoms with van der Waals surface area (Å²) in [7, 11) is 0. The van der Waals surface area contributed by atoms with Crippen LogP contribution < -0.4 is 0 Å². The van der Waals surface area contributed by atoms with E-state index in [4.69, 9.17) is 92.8 Å². The van der Waals surface area contributed by atoms with Gasteiger partial charge in [-0.1, -0.05) is 75.7 Å². The predicted molar refractivity (Wildman–Crippen MR) is 77.3 cm³/mol. The molecule has 1 aromatic carbocycles. The summed E-state index contributed by atoms with van der Waals surface area (Å²) in [6, 6.07) is 5.13. The molecule has 0 spiro atoms. The van der Waals surface area contributed by atoms with Gasteiger partial charge in [0.15, 0.2) is 4.84 Å². The number of alkyl halides is 5. The van der Waals surface area contributed by atoms with Crippen molar-refractivity contribution in [3.05, 3.63) is 33.3 Å². The van der Waals surface area contributed by atoms with Crippen LogP contribution in [0.1, 0.15) is 0 Å². The van der Waals surface area contributed by atoms with E-state index in [-0.39, 0.29) is 0 Å². The Morgan fingerprint density at radius 1 is 0.875 bits per heavy atom. The molecule has 0 unspecified atom stereocenters. The van der Waals surface area contributed by atoms with Crippen LogP contribution in [0.25, 0.3) is 0 Å². The second kappa shape index (κ2) is 7.86. The van der Waals surface area contributed by atoms with Gasteiger partial charge in [0, 0.05) is 0 Å². The van der Waals surface area contributed by atoms with E-state index in [9.17, 15) is 0 Å². The van der Waals surface area contributed by atoms with Crippen LogP contribution >= 0.6 is 92.8 Å². The Balaban J connectivity index is 0.000000293. The van der Waals surface area contributed by atoms with E-state index in [1.807, 2.05) is 0 Å². The van der Waals surface area contributed by atoms with Gasteiger partial charge in [0.1, 0.15) is 0 Å². The summed E-state index contributed by atoms with van der Waals surface area (Å²) in [5, 5.41) is 1.40. The molecule has 0 atom stereocenters. The minimum absolute atomic E-state index is 0.417. The van der Waals surface area contributed by atoms with Gasteiger partial charge in [-0.05, 0) is 12.1 Å². The normalized spacial score (nSPS) is 11.1. The van der Waals surface area contributed by atoms with E-state index in [2.05, 4.69) is 0 Å². The molecular weight excluding hydrogens is 380 g/mol. The molecule has 0 aromatic heterocycles. The molecule has 0 aliphatic carbocycles. The lowest BCUT2D eigenvalue weighted by Gasteiger charge is -2.09. The number of benzene rings is 1. The maximum Gasteiger partial charge on any atom is 0.220 e. The fraction of sp³-hybridized carbons (Fsp3) is 0.250. The average Bonchev–Trinajstić information content (AvgIpc) is 2.13. The zero-order chi connectivity index (χ0) is 12.9. The van der Waals surface area contributed by atoms with Gasteiger partial charge < -0.3 is 0 Å². The number of rotatable bonds is 0. The molecule has 0 heterocycles. The maximum atomic E-state index is 5.61. The fourth-order valence-corrected chi connectivity index (χ4v) is 1.00. The smallest absolute Gasteiger partial charge is 0.101 e. The molecule has 0 saturated heterocycles. The Bertz CT molecular complexity index is 309. The lowest BCUT2D eigenvalue weighted by atomic mass is 10.4. The van der Waals surface area contributed by atoms with E-state index >= 15 is 0 Å². The van der Waals surface area contributed by atoms with Gasteiger partial charge in [-0.2, -0.15) is 0 Å². The van der Waals surface area contributed by atoms with Crippen molar-refractivity contribution in [2.45, 2.75) is 8.63 Å². The Kier molecular flexibility index (Phi) is 8.62. The van der Waals surface area contributed by atoms with Crippen molar-refractivity contribution in [1.82, 2.24) is 0 Å². The summed E-state index contributed by atoms with van der Waals surface area (Å²) in [5.41, 5.74) is 0. The first-order valence-electron chi connectivity index (χ1n) is 3.60. The van der Waals surface area contributed by atoms with Gasteiger partial charge in [-0.25, -0.2) is 0 Å². The van der Waals surface area contributed by atoms with Crippen molar-refractivity contribution >= 4 is 92.8 Å².